The van der Waals surface area contributed by atoms with Gasteiger partial charge in [-0.05, 0) is 73.7 Å². The van der Waals surface area contributed by atoms with Crippen molar-refractivity contribution in [2.75, 3.05) is 26.4 Å². The molecule has 3 atom stereocenters. The van der Waals surface area contributed by atoms with Gasteiger partial charge in [-0.2, -0.15) is 0 Å². The van der Waals surface area contributed by atoms with E-state index in [0.717, 1.165) is 43.1 Å². The lowest BCUT2D eigenvalue weighted by atomic mass is 9.72. The molecule has 2 saturated heterocycles. The molecule has 208 valence electrons. The Morgan fingerprint density at radius 2 is 1.79 bits per heavy atom. The fraction of sp³-hybridized carbons (Fsp3) is 0.516. The first-order valence-corrected chi connectivity index (χ1v) is 15.0. The van der Waals surface area contributed by atoms with Crippen LogP contribution in [0.2, 0.25) is 0 Å². The van der Waals surface area contributed by atoms with Crippen LogP contribution in [0.4, 0.5) is 4.79 Å². The number of rotatable bonds is 6. The third-order valence-electron chi connectivity index (χ3n) is 8.99. The first-order valence-electron chi connectivity index (χ1n) is 14.2. The van der Waals surface area contributed by atoms with Gasteiger partial charge < -0.3 is 25.0 Å². The number of likely N-dealkylation sites (tertiary alicyclic amines) is 1. The fourth-order valence-corrected chi connectivity index (χ4v) is 7.37. The van der Waals surface area contributed by atoms with Crippen molar-refractivity contribution in [1.82, 2.24) is 15.5 Å². The molecule has 1 aromatic rings. The molecule has 1 saturated carbocycles. The monoisotopic (exact) mass is 569 g/mol. The molecule has 2 amide bonds. The number of benzene rings is 1. The second-order valence-electron chi connectivity index (χ2n) is 11.4. The van der Waals surface area contributed by atoms with Crippen LogP contribution in [0.15, 0.2) is 65.4 Å². The van der Waals surface area contributed by atoms with E-state index in [1.807, 2.05) is 6.08 Å². The lowest BCUT2D eigenvalue weighted by molar-refractivity contribution is 0.0504. The van der Waals surface area contributed by atoms with E-state index in [2.05, 4.69) is 58.0 Å². The Morgan fingerprint density at radius 3 is 2.54 bits per heavy atom. The number of hydrogen-bond acceptors (Lipinski definition) is 4. The van der Waals surface area contributed by atoms with Gasteiger partial charge in [0, 0.05) is 35.2 Å². The summed E-state index contributed by atoms with van der Waals surface area (Å²) in [5.74, 6) is 0. The van der Waals surface area contributed by atoms with Crippen molar-refractivity contribution >= 4 is 34.8 Å². The summed E-state index contributed by atoms with van der Waals surface area (Å²) in [6.07, 6.45) is 17.9. The number of piperidine rings is 1. The number of alkyl halides is 1. The summed E-state index contributed by atoms with van der Waals surface area (Å²) in [5.41, 5.74) is 4.11. The van der Waals surface area contributed by atoms with Crippen LogP contribution in [-0.2, 0) is 14.9 Å². The number of amides is 2. The number of halogens is 2. The number of ether oxygens (including phenoxy) is 2. The SMILES string of the molecule is O=C(NCC1(c2ccc(C3=CC4OCOC4C=C3)cc2)CCN(C2CCCC2)CC1)NC1=CC(Cl)CC(Cl)=C1. The lowest BCUT2D eigenvalue weighted by Gasteiger charge is -2.44. The largest absolute Gasteiger partial charge is 0.345 e. The molecule has 8 heteroatoms. The normalized spacial score (nSPS) is 28.9. The molecule has 39 heavy (non-hydrogen) atoms. The van der Waals surface area contributed by atoms with Crippen molar-refractivity contribution in [1.29, 1.82) is 0 Å². The second-order valence-corrected chi connectivity index (χ2v) is 12.5. The number of nitrogens with zero attached hydrogens (tertiary/aromatic N) is 1. The zero-order chi connectivity index (χ0) is 26.8. The third-order valence-corrected chi connectivity index (χ3v) is 9.53. The maximum absolute atomic E-state index is 12.9. The predicted octanol–water partition coefficient (Wildman–Crippen LogP) is 5.97. The molecule has 2 N–H and O–H groups in total. The maximum Gasteiger partial charge on any atom is 0.319 e. The van der Waals surface area contributed by atoms with Crippen LogP contribution in [0.25, 0.3) is 5.57 Å². The molecule has 2 heterocycles. The Morgan fingerprint density at radius 1 is 1.05 bits per heavy atom. The molecular weight excluding hydrogens is 533 g/mol. The van der Waals surface area contributed by atoms with Crippen molar-refractivity contribution < 1.29 is 14.3 Å². The standard InChI is InChI=1S/C31H37Cl2N3O3/c32-24-16-25(33)18-26(17-24)35-30(37)34-19-31(11-13-36(14-12-31)27-3-1-2-4-27)23-8-5-21(6-9-23)22-7-10-28-29(15-22)39-20-38-28/h5-10,15,17-18,24,27-29H,1-4,11-14,16,19-20H2,(H2,34,35,37). The van der Waals surface area contributed by atoms with Gasteiger partial charge in [0.25, 0.3) is 0 Å². The molecule has 6 rings (SSSR count). The van der Waals surface area contributed by atoms with E-state index in [1.54, 1.807) is 6.08 Å². The fourth-order valence-electron chi connectivity index (χ4n) is 6.71. The van der Waals surface area contributed by atoms with E-state index >= 15 is 0 Å². The van der Waals surface area contributed by atoms with Crippen molar-refractivity contribution in [3.05, 3.63) is 76.5 Å². The van der Waals surface area contributed by atoms with Crippen LogP contribution in [0.3, 0.4) is 0 Å². The quantitative estimate of drug-likeness (QED) is 0.414. The summed E-state index contributed by atoms with van der Waals surface area (Å²) in [6, 6.07) is 9.39. The highest BCUT2D eigenvalue weighted by molar-refractivity contribution is 6.31. The van der Waals surface area contributed by atoms with E-state index < -0.39 is 0 Å². The number of nitrogens with one attached hydrogen (secondary N) is 2. The molecule has 6 nitrogen and oxygen atoms in total. The van der Waals surface area contributed by atoms with Crippen LogP contribution in [0, 0.1) is 0 Å². The highest BCUT2D eigenvalue weighted by atomic mass is 35.5. The van der Waals surface area contributed by atoms with Gasteiger partial charge in [-0.15, -0.1) is 11.6 Å². The zero-order valence-corrected chi connectivity index (χ0v) is 23.7. The Bertz CT molecular complexity index is 1180. The van der Waals surface area contributed by atoms with E-state index in [-0.39, 0.29) is 29.0 Å². The van der Waals surface area contributed by atoms with Gasteiger partial charge in [0.15, 0.2) is 0 Å². The molecule has 0 radical (unpaired) electrons. The summed E-state index contributed by atoms with van der Waals surface area (Å²) in [6.45, 7) is 3.03. The van der Waals surface area contributed by atoms with E-state index in [1.165, 1.54) is 31.2 Å². The van der Waals surface area contributed by atoms with E-state index in [0.29, 0.717) is 30.5 Å². The molecule has 2 aliphatic heterocycles. The van der Waals surface area contributed by atoms with Crippen LogP contribution in [0.5, 0.6) is 0 Å². The molecule has 1 aromatic carbocycles. The second kappa shape index (κ2) is 11.8. The van der Waals surface area contributed by atoms with Gasteiger partial charge in [0.2, 0.25) is 0 Å². The Balaban J connectivity index is 1.17. The van der Waals surface area contributed by atoms with Gasteiger partial charge in [-0.1, -0.05) is 60.9 Å². The number of carbonyl (C=O) groups is 1. The lowest BCUT2D eigenvalue weighted by Crippen LogP contribution is -2.52. The Hall–Kier alpha value is -2.09. The Kier molecular flexibility index (Phi) is 8.20. The van der Waals surface area contributed by atoms with Crippen molar-refractivity contribution in [3.63, 3.8) is 0 Å². The highest BCUT2D eigenvalue weighted by Crippen LogP contribution is 2.38. The first kappa shape index (κ1) is 27.1. The topological polar surface area (TPSA) is 62.8 Å². The van der Waals surface area contributed by atoms with Crippen molar-refractivity contribution in [2.24, 2.45) is 0 Å². The van der Waals surface area contributed by atoms with Crippen LogP contribution in [-0.4, -0.2) is 61.0 Å². The summed E-state index contributed by atoms with van der Waals surface area (Å²) in [5, 5.41) is 6.54. The first-order chi connectivity index (χ1) is 19.0. The number of urea groups is 1. The predicted molar refractivity (Wildman–Crippen MR) is 156 cm³/mol. The van der Waals surface area contributed by atoms with Crippen LogP contribution >= 0.6 is 23.2 Å². The number of carbonyl (C=O) groups excluding carboxylic acids is 1. The molecule has 0 aromatic heterocycles. The Labute approximate surface area is 241 Å². The smallest absolute Gasteiger partial charge is 0.319 e. The van der Waals surface area contributed by atoms with Gasteiger partial charge in [0.1, 0.15) is 19.0 Å². The van der Waals surface area contributed by atoms with E-state index in [4.69, 9.17) is 32.7 Å². The summed E-state index contributed by atoms with van der Waals surface area (Å²) in [4.78, 5) is 15.6. The third kappa shape index (κ3) is 6.15. The maximum atomic E-state index is 12.9. The molecule has 3 unspecified atom stereocenters. The van der Waals surface area contributed by atoms with Crippen LogP contribution < -0.4 is 10.6 Å². The summed E-state index contributed by atoms with van der Waals surface area (Å²) in [7, 11) is 0. The number of allylic oxidation sites excluding steroid dienone is 5. The van der Waals surface area contributed by atoms with Crippen molar-refractivity contribution in [2.45, 2.75) is 74.0 Å². The average Bonchev–Trinajstić information content (AvgIpc) is 3.64. The highest BCUT2D eigenvalue weighted by Gasteiger charge is 2.39. The molecule has 5 aliphatic rings. The summed E-state index contributed by atoms with van der Waals surface area (Å²) < 4.78 is 11.3. The van der Waals surface area contributed by atoms with Crippen LogP contribution in [0.1, 0.15) is 56.1 Å². The molecule has 3 fully saturated rings. The minimum atomic E-state index is -0.229. The molecule has 3 aliphatic carbocycles. The minimum Gasteiger partial charge on any atom is -0.345 e. The zero-order valence-electron chi connectivity index (χ0n) is 22.2. The van der Waals surface area contributed by atoms with Gasteiger partial charge >= 0.3 is 6.03 Å². The minimum absolute atomic E-state index is 0.0169. The number of fused-ring (bicyclic) bond motifs is 1. The molecule has 0 spiro atoms. The van der Waals surface area contributed by atoms with Crippen molar-refractivity contribution in [3.8, 4) is 0 Å². The molecule has 0 bridgehead atoms. The van der Waals surface area contributed by atoms with Gasteiger partial charge in [-0.3, -0.25) is 0 Å². The van der Waals surface area contributed by atoms with Gasteiger partial charge in [-0.25, -0.2) is 4.79 Å². The van der Waals surface area contributed by atoms with E-state index in [9.17, 15) is 4.79 Å². The molecular formula is C31H37Cl2N3O3. The average molecular weight is 571 g/mol. The number of hydrogen-bond donors (Lipinski definition) is 2. The summed E-state index contributed by atoms with van der Waals surface area (Å²) >= 11 is 12.4. The van der Waals surface area contributed by atoms with Gasteiger partial charge in [0.05, 0.1) is 5.38 Å².